The van der Waals surface area contributed by atoms with Crippen molar-refractivity contribution in [2.24, 2.45) is 23.7 Å². The highest BCUT2D eigenvalue weighted by molar-refractivity contribution is 6.74. The number of ether oxygens (including phenoxy) is 5. The Kier molecular flexibility index (Phi) is 10.1. The molecule has 1 aromatic carbocycles. The minimum Gasteiger partial charge on any atom is -0.487 e. The summed E-state index contributed by atoms with van der Waals surface area (Å²) in [4.78, 5) is 13.8. The Morgan fingerprint density at radius 3 is 2.50 bits per heavy atom. The van der Waals surface area contributed by atoms with E-state index in [9.17, 15) is 4.79 Å². The zero-order valence-corrected chi connectivity index (χ0v) is 28.1. The van der Waals surface area contributed by atoms with Crippen LogP contribution in [0.15, 0.2) is 54.3 Å². The lowest BCUT2D eigenvalue weighted by Crippen LogP contribution is -2.64. The SMILES string of the molecule is C=C[C@H]1[C@@H](OCc2ccccc2)[C@@H]2OC3=C(C(OCOC)[C@H](C)C[C@H](C)CO[Si](C)(C)C(C)(C)C)C(=O)O[C@@]31C[C@H]2C. The molecule has 3 aliphatic heterocycles. The van der Waals surface area contributed by atoms with E-state index < -0.39 is 20.0 Å². The number of esters is 1. The fourth-order valence-corrected chi connectivity index (χ4v) is 7.68. The molecule has 2 saturated heterocycles. The van der Waals surface area contributed by atoms with Gasteiger partial charge in [0.15, 0.2) is 19.7 Å². The summed E-state index contributed by atoms with van der Waals surface area (Å²) in [5, 5.41) is 0.149. The van der Waals surface area contributed by atoms with Gasteiger partial charge in [-0.25, -0.2) is 4.79 Å². The molecule has 4 aliphatic rings. The lowest BCUT2D eigenvalue weighted by Gasteiger charge is -2.55. The van der Waals surface area contributed by atoms with E-state index in [1.807, 2.05) is 36.4 Å². The van der Waals surface area contributed by atoms with E-state index in [4.69, 9.17) is 28.1 Å². The second-order valence-electron chi connectivity index (χ2n) is 14.2. The lowest BCUT2D eigenvalue weighted by atomic mass is 9.64. The molecule has 1 saturated carbocycles. The summed E-state index contributed by atoms with van der Waals surface area (Å²) in [5.74, 6) is 0.395. The first-order valence-corrected chi connectivity index (χ1v) is 18.3. The maximum absolute atomic E-state index is 13.8. The molecule has 1 spiro atoms. The van der Waals surface area contributed by atoms with Gasteiger partial charge in [-0.05, 0) is 47.9 Å². The first-order valence-electron chi connectivity index (χ1n) is 15.4. The zero-order valence-electron chi connectivity index (χ0n) is 27.1. The Balaban J connectivity index is 1.58. The van der Waals surface area contributed by atoms with Crippen LogP contribution in [-0.2, 0) is 39.5 Å². The maximum Gasteiger partial charge on any atom is 0.341 e. The Hall–Kier alpha value is -1.97. The van der Waals surface area contributed by atoms with Gasteiger partial charge in [0.25, 0.3) is 0 Å². The minimum atomic E-state index is -1.87. The fourth-order valence-electron chi connectivity index (χ4n) is 6.55. The Labute approximate surface area is 254 Å². The second-order valence-corrected chi connectivity index (χ2v) is 19.0. The van der Waals surface area contributed by atoms with E-state index in [2.05, 4.69) is 61.2 Å². The van der Waals surface area contributed by atoms with E-state index in [-0.39, 0.29) is 53.7 Å². The summed E-state index contributed by atoms with van der Waals surface area (Å²) in [7, 11) is -0.276. The highest BCUT2D eigenvalue weighted by atomic mass is 28.4. The van der Waals surface area contributed by atoms with Crippen LogP contribution < -0.4 is 0 Å². The van der Waals surface area contributed by atoms with Gasteiger partial charge in [0.05, 0.1) is 18.6 Å². The second kappa shape index (κ2) is 12.9. The summed E-state index contributed by atoms with van der Waals surface area (Å²) in [5.41, 5.74) is 0.609. The monoisotopic (exact) mass is 600 g/mol. The number of methoxy groups -OCH3 is 1. The van der Waals surface area contributed by atoms with E-state index in [1.165, 1.54) is 0 Å². The van der Waals surface area contributed by atoms with Gasteiger partial charge in [0, 0.05) is 20.1 Å². The zero-order chi connectivity index (χ0) is 30.9. The van der Waals surface area contributed by atoms with Crippen LogP contribution in [0.5, 0.6) is 0 Å². The van der Waals surface area contributed by atoms with Gasteiger partial charge in [-0.1, -0.05) is 78.0 Å². The highest BCUT2D eigenvalue weighted by Gasteiger charge is 2.67. The molecule has 234 valence electrons. The molecule has 8 heteroatoms. The van der Waals surface area contributed by atoms with Gasteiger partial charge in [0.1, 0.15) is 24.6 Å². The molecule has 1 aromatic rings. The topological polar surface area (TPSA) is 72.5 Å². The third-order valence-electron chi connectivity index (χ3n) is 9.79. The van der Waals surface area contributed by atoms with Crippen LogP contribution in [0.1, 0.15) is 59.9 Å². The van der Waals surface area contributed by atoms with Crippen molar-refractivity contribution in [3.8, 4) is 0 Å². The van der Waals surface area contributed by atoms with E-state index in [0.717, 1.165) is 12.0 Å². The quantitative estimate of drug-likeness (QED) is 0.0982. The van der Waals surface area contributed by atoms with Crippen LogP contribution in [0.3, 0.4) is 0 Å². The summed E-state index contributed by atoms with van der Waals surface area (Å²) < 4.78 is 37.6. The van der Waals surface area contributed by atoms with Crippen LogP contribution in [0.25, 0.3) is 0 Å². The summed E-state index contributed by atoms with van der Waals surface area (Å²) in [6.07, 6.45) is 2.30. The van der Waals surface area contributed by atoms with Gasteiger partial charge in [-0.2, -0.15) is 0 Å². The third-order valence-corrected chi connectivity index (χ3v) is 14.3. The fraction of sp³-hybridized carbons (Fsp3) is 0.676. The molecule has 3 fully saturated rings. The number of hydrogen-bond acceptors (Lipinski definition) is 7. The van der Waals surface area contributed by atoms with Gasteiger partial charge < -0.3 is 28.1 Å². The van der Waals surface area contributed by atoms with Gasteiger partial charge in [0.2, 0.25) is 0 Å². The average molecular weight is 601 g/mol. The molecule has 42 heavy (non-hydrogen) atoms. The molecule has 3 heterocycles. The minimum absolute atomic E-state index is 0.00264. The van der Waals surface area contributed by atoms with Crippen molar-refractivity contribution in [1.29, 1.82) is 0 Å². The molecule has 5 rings (SSSR count). The van der Waals surface area contributed by atoms with Crippen molar-refractivity contribution in [2.75, 3.05) is 20.5 Å². The first-order chi connectivity index (χ1) is 19.8. The number of fused-ring (bicyclic) bond motifs is 2. The molecule has 1 aliphatic carbocycles. The van der Waals surface area contributed by atoms with Crippen LogP contribution >= 0.6 is 0 Å². The molecule has 0 radical (unpaired) electrons. The van der Waals surface area contributed by atoms with Crippen LogP contribution in [0, 0.1) is 23.7 Å². The van der Waals surface area contributed by atoms with Gasteiger partial charge in [-0.15, -0.1) is 6.58 Å². The van der Waals surface area contributed by atoms with Crippen LogP contribution in [0.4, 0.5) is 0 Å². The van der Waals surface area contributed by atoms with Crippen molar-refractivity contribution in [2.45, 2.75) is 103 Å². The predicted molar refractivity (Wildman–Crippen MR) is 166 cm³/mol. The Morgan fingerprint density at radius 1 is 1.19 bits per heavy atom. The summed E-state index contributed by atoms with van der Waals surface area (Å²) >= 11 is 0. The van der Waals surface area contributed by atoms with Crippen molar-refractivity contribution in [1.82, 2.24) is 0 Å². The molecule has 0 aromatic heterocycles. The number of rotatable bonds is 14. The smallest absolute Gasteiger partial charge is 0.341 e. The average Bonchev–Trinajstić information content (AvgIpc) is 3.21. The number of benzene rings is 1. The van der Waals surface area contributed by atoms with Gasteiger partial charge >= 0.3 is 5.97 Å². The normalized spacial score (nSPS) is 29.5. The van der Waals surface area contributed by atoms with Crippen LogP contribution in [0.2, 0.25) is 18.1 Å². The van der Waals surface area contributed by atoms with E-state index in [0.29, 0.717) is 31.0 Å². The summed E-state index contributed by atoms with van der Waals surface area (Å²) in [6, 6.07) is 10.1. The van der Waals surface area contributed by atoms with Crippen molar-refractivity contribution in [3.63, 3.8) is 0 Å². The Bertz CT molecular complexity index is 1130. The number of hydrogen-bond donors (Lipinski definition) is 0. The number of carbonyl (C=O) groups is 1. The molecule has 7 nitrogen and oxygen atoms in total. The highest BCUT2D eigenvalue weighted by Crippen LogP contribution is 2.57. The van der Waals surface area contributed by atoms with Gasteiger partial charge in [-0.3, -0.25) is 0 Å². The molecule has 0 N–H and O–H groups in total. The Morgan fingerprint density at radius 2 is 1.88 bits per heavy atom. The molecule has 2 bridgehead atoms. The molecule has 0 amide bonds. The van der Waals surface area contributed by atoms with Crippen molar-refractivity contribution in [3.05, 3.63) is 59.9 Å². The van der Waals surface area contributed by atoms with Crippen molar-refractivity contribution < 1.29 is 32.9 Å². The predicted octanol–water partition coefficient (Wildman–Crippen LogP) is 7.04. The molecular formula is C34H52O7Si. The molecule has 8 atom stereocenters. The molecule has 1 unspecified atom stereocenters. The largest absolute Gasteiger partial charge is 0.487 e. The summed E-state index contributed by atoms with van der Waals surface area (Å²) in [6.45, 7) is 23.1. The standard InChI is InChI=1S/C34H52O7Si/c1-11-26-30(37-20-25-15-13-12-14-16-25)29-24(4)18-34(26)31(40-29)27(32(35)41-34)28(38-21-36-8)23(3)17-22(2)19-39-42(9,10)33(5,6)7/h11-16,22-24,26,28-30H,1,17-21H2,2-10H3/t22-,23+,24+,26-,28?,29+,30+,34+/m0/s1. The third kappa shape index (κ3) is 6.43. The van der Waals surface area contributed by atoms with Crippen LogP contribution in [-0.4, -0.2) is 58.7 Å². The lowest BCUT2D eigenvalue weighted by molar-refractivity contribution is -0.234. The number of carbonyl (C=O) groups excluding carboxylic acids is 1. The van der Waals surface area contributed by atoms with Crippen molar-refractivity contribution >= 4 is 14.3 Å². The molecular weight excluding hydrogens is 548 g/mol. The van der Waals surface area contributed by atoms with E-state index >= 15 is 0 Å². The van der Waals surface area contributed by atoms with E-state index in [1.54, 1.807) is 7.11 Å². The maximum atomic E-state index is 13.8. The first kappa shape index (κ1) is 32.9.